The Bertz CT molecular complexity index is 1070. The van der Waals surface area contributed by atoms with Crippen LogP contribution in [0, 0.1) is 11.6 Å². The summed E-state index contributed by atoms with van der Waals surface area (Å²) in [5.41, 5.74) is 2.34. The van der Waals surface area contributed by atoms with Crippen LogP contribution < -0.4 is 5.32 Å². The number of nitrogens with zero attached hydrogens (tertiary/aromatic N) is 3. The van der Waals surface area contributed by atoms with E-state index in [0.717, 1.165) is 17.0 Å². The normalized spacial score (nSPS) is 11.9. The third-order valence-corrected chi connectivity index (χ3v) is 4.01. The number of benzene rings is 2. The molecule has 136 valence electrons. The fourth-order valence-electron chi connectivity index (χ4n) is 2.79. The predicted molar refractivity (Wildman–Crippen MR) is 107 cm³/mol. The Morgan fingerprint density at radius 3 is 2.63 bits per heavy atom. The van der Waals surface area contributed by atoms with Gasteiger partial charge in [-0.1, -0.05) is 18.2 Å². The van der Waals surface area contributed by atoms with Crippen molar-refractivity contribution >= 4 is 29.0 Å². The van der Waals surface area contributed by atoms with Gasteiger partial charge in [-0.05, 0) is 43.5 Å². The van der Waals surface area contributed by atoms with Gasteiger partial charge >= 0.3 is 0 Å². The Kier molecular flexibility index (Phi) is 5.35. The van der Waals surface area contributed by atoms with E-state index in [1.807, 2.05) is 19.1 Å². The van der Waals surface area contributed by atoms with Gasteiger partial charge in [0.05, 0.1) is 5.52 Å². The van der Waals surface area contributed by atoms with Crippen LogP contribution in [0.5, 0.6) is 0 Å². The first-order valence-corrected chi connectivity index (χ1v) is 8.31. The van der Waals surface area contributed by atoms with Crippen molar-refractivity contribution in [3.05, 3.63) is 72.2 Å². The van der Waals surface area contributed by atoms with Gasteiger partial charge in [-0.25, -0.2) is 18.7 Å². The molecular weight excluding hydrogens is 346 g/mol. The Morgan fingerprint density at radius 2 is 1.96 bits per heavy atom. The average Bonchev–Trinajstić information content (AvgIpc) is 2.66. The topological polar surface area (TPSA) is 50.2 Å². The third kappa shape index (κ3) is 3.74. The van der Waals surface area contributed by atoms with E-state index in [-0.39, 0.29) is 0 Å². The van der Waals surface area contributed by atoms with Gasteiger partial charge in [0.2, 0.25) is 0 Å². The van der Waals surface area contributed by atoms with Crippen molar-refractivity contribution in [3.8, 4) is 11.1 Å². The van der Waals surface area contributed by atoms with Gasteiger partial charge < -0.3 is 5.32 Å². The van der Waals surface area contributed by atoms with Gasteiger partial charge in [0.15, 0.2) is 5.82 Å². The summed E-state index contributed by atoms with van der Waals surface area (Å²) in [5.74, 6) is -0.134. The van der Waals surface area contributed by atoms with Crippen molar-refractivity contribution in [3.63, 3.8) is 0 Å². The number of hydrogen-bond acceptors (Lipinski definition) is 4. The maximum absolute atomic E-state index is 14.1. The standard InChI is InChI=1S/C21H18F2N4/c1-4-5-14(12-24-2)20-26-19-9-6-13(10-17(19)21(25-3)27-20)16-8-7-15(22)11-18(16)23/h4-12H,2H2,1,3H3,(H,25,26,27)/b5-4-,14-12+. The highest BCUT2D eigenvalue weighted by Gasteiger charge is 2.12. The maximum atomic E-state index is 14.1. The van der Waals surface area contributed by atoms with Crippen LogP contribution >= 0.6 is 0 Å². The molecule has 0 amide bonds. The number of nitrogens with one attached hydrogen (secondary N) is 1. The molecule has 0 spiro atoms. The molecule has 0 unspecified atom stereocenters. The van der Waals surface area contributed by atoms with Crippen LogP contribution in [0.3, 0.4) is 0 Å². The first-order valence-electron chi connectivity index (χ1n) is 8.31. The molecule has 3 aromatic rings. The van der Waals surface area contributed by atoms with Gasteiger partial charge in [-0.3, -0.25) is 4.99 Å². The van der Waals surface area contributed by atoms with Crippen LogP contribution in [-0.2, 0) is 0 Å². The van der Waals surface area contributed by atoms with Crippen LogP contribution in [0.15, 0.2) is 59.7 Å². The quantitative estimate of drug-likeness (QED) is 0.498. The fourth-order valence-corrected chi connectivity index (χ4v) is 2.79. The van der Waals surface area contributed by atoms with Gasteiger partial charge in [0, 0.05) is 35.8 Å². The molecule has 2 aromatic carbocycles. The first kappa shape index (κ1) is 18.4. The Balaban J connectivity index is 2.19. The van der Waals surface area contributed by atoms with Crippen molar-refractivity contribution < 1.29 is 8.78 Å². The molecule has 0 atom stereocenters. The molecule has 4 nitrogen and oxygen atoms in total. The minimum absolute atomic E-state index is 0.315. The highest BCUT2D eigenvalue weighted by atomic mass is 19.1. The zero-order valence-electron chi connectivity index (χ0n) is 15.0. The number of rotatable bonds is 5. The lowest BCUT2D eigenvalue weighted by Crippen LogP contribution is -2.01. The lowest BCUT2D eigenvalue weighted by molar-refractivity contribution is 0.585. The maximum Gasteiger partial charge on any atom is 0.163 e. The van der Waals surface area contributed by atoms with Crippen LogP contribution in [0.4, 0.5) is 14.6 Å². The van der Waals surface area contributed by atoms with Crippen molar-refractivity contribution in [1.82, 2.24) is 9.97 Å². The summed E-state index contributed by atoms with van der Waals surface area (Å²) in [6.45, 7) is 5.37. The van der Waals surface area contributed by atoms with E-state index in [0.29, 0.717) is 28.3 Å². The number of anilines is 1. The summed E-state index contributed by atoms with van der Waals surface area (Å²) in [6, 6.07) is 8.84. The molecule has 0 saturated carbocycles. The SMILES string of the molecule is C=N/C=C(\C=C/C)c1nc(NC)c2cc(-c3ccc(F)cc3F)ccc2n1. The molecule has 0 radical (unpaired) electrons. The average molecular weight is 364 g/mol. The molecule has 1 heterocycles. The Hall–Kier alpha value is -3.41. The monoisotopic (exact) mass is 364 g/mol. The molecule has 0 aliphatic carbocycles. The second-order valence-electron chi connectivity index (χ2n) is 5.77. The number of allylic oxidation sites excluding steroid dienone is 3. The zero-order chi connectivity index (χ0) is 19.4. The lowest BCUT2D eigenvalue weighted by Gasteiger charge is -2.11. The highest BCUT2D eigenvalue weighted by Crippen LogP contribution is 2.30. The highest BCUT2D eigenvalue weighted by molar-refractivity contribution is 5.94. The number of halogens is 2. The number of hydrogen-bond donors (Lipinski definition) is 1. The molecule has 0 aliphatic heterocycles. The largest absolute Gasteiger partial charge is 0.373 e. The van der Waals surface area contributed by atoms with Gasteiger partial charge in [-0.15, -0.1) is 0 Å². The molecular formula is C21H18F2N4. The van der Waals surface area contributed by atoms with Crippen molar-refractivity contribution in [2.24, 2.45) is 4.99 Å². The van der Waals surface area contributed by atoms with Crippen LogP contribution in [-0.4, -0.2) is 23.7 Å². The number of aliphatic imine (C=N–C) groups is 1. The van der Waals surface area contributed by atoms with Crippen molar-refractivity contribution in [2.75, 3.05) is 12.4 Å². The molecule has 1 N–H and O–H groups in total. The van der Waals surface area contributed by atoms with Gasteiger partial charge in [0.25, 0.3) is 0 Å². The third-order valence-electron chi connectivity index (χ3n) is 4.01. The Labute approximate surface area is 156 Å². The molecule has 1 aromatic heterocycles. The van der Waals surface area contributed by atoms with E-state index in [9.17, 15) is 8.78 Å². The van der Waals surface area contributed by atoms with E-state index in [1.54, 1.807) is 31.4 Å². The molecule has 0 aliphatic rings. The smallest absolute Gasteiger partial charge is 0.163 e. The Morgan fingerprint density at radius 1 is 1.15 bits per heavy atom. The zero-order valence-corrected chi connectivity index (χ0v) is 15.0. The second kappa shape index (κ2) is 7.86. The first-order chi connectivity index (χ1) is 13.1. The minimum atomic E-state index is -0.617. The molecule has 0 bridgehead atoms. The van der Waals surface area contributed by atoms with Crippen molar-refractivity contribution in [2.45, 2.75) is 6.92 Å². The molecule has 0 saturated heterocycles. The van der Waals surface area contributed by atoms with Crippen LogP contribution in [0.2, 0.25) is 0 Å². The van der Waals surface area contributed by atoms with Crippen LogP contribution in [0.25, 0.3) is 27.6 Å². The molecule has 6 heteroatoms. The second-order valence-corrected chi connectivity index (χ2v) is 5.77. The summed E-state index contributed by atoms with van der Waals surface area (Å²) in [7, 11) is 1.75. The van der Waals surface area contributed by atoms with Crippen LogP contribution in [0.1, 0.15) is 12.7 Å². The summed E-state index contributed by atoms with van der Waals surface area (Å²) >= 11 is 0. The molecule has 0 fully saturated rings. The fraction of sp³-hybridized carbons (Fsp3) is 0.0952. The van der Waals surface area contributed by atoms with Gasteiger partial charge in [-0.2, -0.15) is 0 Å². The van der Waals surface area contributed by atoms with E-state index in [1.165, 1.54) is 12.1 Å². The number of fused-ring (bicyclic) bond motifs is 1. The van der Waals surface area contributed by atoms with Crippen molar-refractivity contribution in [1.29, 1.82) is 0 Å². The summed E-state index contributed by atoms with van der Waals surface area (Å²) in [6.07, 6.45) is 5.30. The summed E-state index contributed by atoms with van der Waals surface area (Å²) in [5, 5.41) is 3.78. The molecule has 3 rings (SSSR count). The summed E-state index contributed by atoms with van der Waals surface area (Å²) in [4.78, 5) is 12.9. The summed E-state index contributed by atoms with van der Waals surface area (Å²) < 4.78 is 27.3. The lowest BCUT2D eigenvalue weighted by atomic mass is 10.0. The molecule has 27 heavy (non-hydrogen) atoms. The number of aromatic nitrogens is 2. The van der Waals surface area contributed by atoms with E-state index in [4.69, 9.17) is 0 Å². The van der Waals surface area contributed by atoms with Gasteiger partial charge in [0.1, 0.15) is 17.5 Å². The van der Waals surface area contributed by atoms with E-state index < -0.39 is 11.6 Å². The van der Waals surface area contributed by atoms with E-state index >= 15 is 0 Å². The minimum Gasteiger partial charge on any atom is -0.373 e. The van der Waals surface area contributed by atoms with E-state index in [2.05, 4.69) is 27.0 Å². The predicted octanol–water partition coefficient (Wildman–Crippen LogP) is 5.23.